The molecule has 3 N–H and O–H groups in total. The van der Waals surface area contributed by atoms with Gasteiger partial charge in [-0.25, -0.2) is 0 Å². The van der Waals surface area contributed by atoms with Crippen LogP contribution in [0.4, 0.5) is 5.69 Å². The molecule has 0 saturated carbocycles. The molecule has 0 radical (unpaired) electrons. The molecule has 1 rings (SSSR count). The molecule has 0 fully saturated rings. The fraction of sp³-hybridized carbons (Fsp3) is 0.529. The van der Waals surface area contributed by atoms with Gasteiger partial charge in [-0.3, -0.25) is 9.59 Å². The van der Waals surface area contributed by atoms with Crippen LogP contribution >= 0.6 is 24.0 Å². The Morgan fingerprint density at radius 3 is 2.46 bits per heavy atom. The van der Waals surface area contributed by atoms with Crippen LogP contribution in [-0.4, -0.2) is 56.2 Å². The number of amides is 2. The van der Waals surface area contributed by atoms with E-state index in [0.29, 0.717) is 29.5 Å². The minimum atomic E-state index is -0.329. The molecule has 0 spiro atoms. The van der Waals surface area contributed by atoms with Crippen LogP contribution in [0.3, 0.4) is 0 Å². The number of benzene rings is 1. The van der Waals surface area contributed by atoms with Crippen molar-refractivity contribution in [3.63, 3.8) is 0 Å². The number of carbonyl (C=O) groups is 2. The summed E-state index contributed by atoms with van der Waals surface area (Å²) in [7, 11) is 1.51. The van der Waals surface area contributed by atoms with E-state index >= 15 is 0 Å². The molecule has 1 atom stereocenters. The summed E-state index contributed by atoms with van der Waals surface area (Å²) in [5.41, 5.74) is 6.03. The number of hydrogen-bond donors (Lipinski definition) is 2. The lowest BCUT2D eigenvalue weighted by Crippen LogP contribution is -2.34. The number of halogens is 2. The van der Waals surface area contributed by atoms with Gasteiger partial charge in [-0.05, 0) is 32.0 Å². The largest absolute Gasteiger partial charge is 0.482 e. The van der Waals surface area contributed by atoms with Gasteiger partial charge >= 0.3 is 0 Å². The Bertz CT molecular complexity index is 579. The lowest BCUT2D eigenvalue weighted by molar-refractivity contribution is -0.133. The van der Waals surface area contributed by atoms with E-state index in [9.17, 15) is 9.59 Å². The van der Waals surface area contributed by atoms with Crippen molar-refractivity contribution in [2.75, 3.05) is 38.7 Å². The van der Waals surface area contributed by atoms with Crippen LogP contribution in [0.15, 0.2) is 18.2 Å². The van der Waals surface area contributed by atoms with Crippen molar-refractivity contribution in [3.05, 3.63) is 23.2 Å². The van der Waals surface area contributed by atoms with Crippen molar-refractivity contribution in [3.8, 4) is 5.75 Å². The lowest BCUT2D eigenvalue weighted by Gasteiger charge is -2.19. The highest BCUT2D eigenvalue weighted by Gasteiger charge is 2.14. The summed E-state index contributed by atoms with van der Waals surface area (Å²) < 4.78 is 10.5. The highest BCUT2D eigenvalue weighted by Crippen LogP contribution is 2.27. The number of carbonyl (C=O) groups excluding carboxylic acids is 2. The highest BCUT2D eigenvalue weighted by molar-refractivity contribution is 6.32. The smallest absolute Gasteiger partial charge is 0.260 e. The zero-order chi connectivity index (χ0) is 18.8. The van der Waals surface area contributed by atoms with E-state index in [1.807, 2.05) is 13.8 Å². The SMILES string of the molecule is CCN(CC)C(=O)COc1ccc(NC(=O)CC(CN)OC)cc1Cl.Cl. The molecule has 1 aromatic carbocycles. The zero-order valence-corrected chi connectivity index (χ0v) is 16.9. The number of nitrogens with two attached hydrogens (primary N) is 1. The molecule has 0 aliphatic rings. The quantitative estimate of drug-likeness (QED) is 0.620. The van der Waals surface area contributed by atoms with Crippen LogP contribution in [-0.2, 0) is 14.3 Å². The van der Waals surface area contributed by atoms with Crippen LogP contribution in [0.2, 0.25) is 5.02 Å². The lowest BCUT2D eigenvalue weighted by atomic mass is 10.2. The first kappa shape index (κ1) is 24.5. The molecule has 0 bridgehead atoms. The molecule has 26 heavy (non-hydrogen) atoms. The Kier molecular flexibility index (Phi) is 12.0. The molecule has 1 unspecified atom stereocenters. The second-order valence-electron chi connectivity index (χ2n) is 5.35. The van der Waals surface area contributed by atoms with E-state index in [1.165, 1.54) is 7.11 Å². The number of likely N-dealkylation sites (N-methyl/N-ethyl adjacent to an activating group) is 1. The van der Waals surface area contributed by atoms with Gasteiger partial charge in [0.1, 0.15) is 5.75 Å². The van der Waals surface area contributed by atoms with Gasteiger partial charge in [0.2, 0.25) is 5.91 Å². The summed E-state index contributed by atoms with van der Waals surface area (Å²) in [4.78, 5) is 25.5. The number of nitrogens with one attached hydrogen (secondary N) is 1. The molecule has 2 amide bonds. The topological polar surface area (TPSA) is 93.9 Å². The second kappa shape index (κ2) is 12.8. The molecule has 0 aromatic heterocycles. The van der Waals surface area contributed by atoms with Gasteiger partial charge in [0.25, 0.3) is 5.91 Å². The first-order valence-electron chi connectivity index (χ1n) is 8.17. The molecule has 7 nitrogen and oxygen atoms in total. The van der Waals surface area contributed by atoms with Gasteiger partial charge in [-0.15, -0.1) is 12.4 Å². The van der Waals surface area contributed by atoms with Gasteiger partial charge in [0, 0.05) is 32.4 Å². The van der Waals surface area contributed by atoms with Crippen molar-refractivity contribution >= 4 is 41.5 Å². The van der Waals surface area contributed by atoms with Gasteiger partial charge in [0.15, 0.2) is 6.61 Å². The summed E-state index contributed by atoms with van der Waals surface area (Å²) >= 11 is 6.16. The normalized spacial score (nSPS) is 11.3. The van der Waals surface area contributed by atoms with E-state index in [0.717, 1.165) is 0 Å². The maximum atomic E-state index is 11.9. The fourth-order valence-corrected chi connectivity index (χ4v) is 2.42. The van der Waals surface area contributed by atoms with Gasteiger partial charge in [-0.1, -0.05) is 11.6 Å². The Morgan fingerprint density at radius 2 is 1.96 bits per heavy atom. The van der Waals surface area contributed by atoms with Crippen molar-refractivity contribution in [2.45, 2.75) is 26.4 Å². The Labute approximate surface area is 165 Å². The van der Waals surface area contributed by atoms with Gasteiger partial charge in [0.05, 0.1) is 17.5 Å². The average molecular weight is 408 g/mol. The molecular weight excluding hydrogens is 381 g/mol. The monoisotopic (exact) mass is 407 g/mol. The number of anilines is 1. The minimum Gasteiger partial charge on any atom is -0.482 e. The molecule has 0 saturated heterocycles. The van der Waals surface area contributed by atoms with Crippen LogP contribution < -0.4 is 15.8 Å². The maximum absolute atomic E-state index is 11.9. The number of ether oxygens (including phenoxy) is 2. The van der Waals surface area contributed by atoms with E-state index in [2.05, 4.69) is 5.32 Å². The Hall–Kier alpha value is -1.54. The van der Waals surface area contributed by atoms with E-state index in [4.69, 9.17) is 26.8 Å². The van der Waals surface area contributed by atoms with E-state index < -0.39 is 0 Å². The summed E-state index contributed by atoms with van der Waals surface area (Å²) in [6.45, 7) is 5.25. The van der Waals surface area contributed by atoms with Gasteiger partial charge < -0.3 is 25.4 Å². The van der Waals surface area contributed by atoms with Gasteiger partial charge in [-0.2, -0.15) is 0 Å². The summed E-state index contributed by atoms with van der Waals surface area (Å²) in [6.07, 6.45) is -0.175. The molecule has 0 aliphatic heterocycles. The van der Waals surface area contributed by atoms with Crippen LogP contribution in [0.25, 0.3) is 0 Å². The Morgan fingerprint density at radius 1 is 1.31 bits per heavy atom. The molecule has 148 valence electrons. The van der Waals surface area contributed by atoms with E-state index in [1.54, 1.807) is 23.1 Å². The van der Waals surface area contributed by atoms with Crippen molar-refractivity contribution in [2.24, 2.45) is 5.73 Å². The fourth-order valence-electron chi connectivity index (χ4n) is 2.18. The third kappa shape index (κ3) is 7.78. The van der Waals surface area contributed by atoms with E-state index in [-0.39, 0.29) is 49.9 Å². The average Bonchev–Trinajstić information content (AvgIpc) is 2.60. The summed E-state index contributed by atoms with van der Waals surface area (Å²) in [6, 6.07) is 4.84. The molecule has 1 aromatic rings. The number of hydrogen-bond acceptors (Lipinski definition) is 5. The molecular formula is C17H27Cl2N3O4. The first-order valence-corrected chi connectivity index (χ1v) is 8.55. The number of rotatable bonds is 10. The Balaban J connectivity index is 0.00000625. The molecule has 9 heteroatoms. The van der Waals surface area contributed by atoms with Crippen LogP contribution in [0, 0.1) is 0 Å². The molecule has 0 aliphatic carbocycles. The zero-order valence-electron chi connectivity index (χ0n) is 15.3. The number of nitrogens with zero attached hydrogens (tertiary/aromatic N) is 1. The molecule has 0 heterocycles. The van der Waals surface area contributed by atoms with Crippen molar-refractivity contribution in [1.82, 2.24) is 4.90 Å². The van der Waals surface area contributed by atoms with Crippen molar-refractivity contribution < 1.29 is 19.1 Å². The predicted molar refractivity (Wildman–Crippen MR) is 105 cm³/mol. The second-order valence-corrected chi connectivity index (χ2v) is 5.75. The predicted octanol–water partition coefficient (Wildman–Crippen LogP) is 2.31. The minimum absolute atomic E-state index is 0. The summed E-state index contributed by atoms with van der Waals surface area (Å²) in [5, 5.41) is 3.03. The first-order chi connectivity index (χ1) is 11.9. The third-order valence-electron chi connectivity index (χ3n) is 3.69. The number of methoxy groups -OCH3 is 1. The third-order valence-corrected chi connectivity index (χ3v) is 3.99. The summed E-state index contributed by atoms with van der Waals surface area (Å²) in [5.74, 6) is 0.0569. The maximum Gasteiger partial charge on any atom is 0.260 e. The highest BCUT2D eigenvalue weighted by atomic mass is 35.5. The van der Waals surface area contributed by atoms with Crippen LogP contribution in [0.1, 0.15) is 20.3 Å². The standard InChI is InChI=1S/C17H26ClN3O4.ClH/c1-4-21(5-2)17(23)11-25-15-7-6-12(8-14(15)18)20-16(22)9-13(10-19)24-3;/h6-8,13H,4-5,9-11,19H2,1-3H3,(H,20,22);1H. The van der Waals surface area contributed by atoms with Crippen LogP contribution in [0.5, 0.6) is 5.75 Å². The van der Waals surface area contributed by atoms with Crippen molar-refractivity contribution in [1.29, 1.82) is 0 Å².